The van der Waals surface area contributed by atoms with E-state index in [1.807, 2.05) is 0 Å². The number of hydrogen-bond acceptors (Lipinski definition) is 2. The second-order valence-electron chi connectivity index (χ2n) is 5.14. The lowest BCUT2D eigenvalue weighted by Gasteiger charge is -2.06. The number of phenolic OH excluding ortho intramolecular Hbond substituents is 1. The molecule has 0 radical (unpaired) electrons. The maximum Gasteiger partial charge on any atom is 0.416 e. The van der Waals surface area contributed by atoms with Crippen molar-refractivity contribution >= 4 is 11.9 Å². The first-order chi connectivity index (χ1) is 10.3. The number of carbonyl (C=O) groups is 1. The highest BCUT2D eigenvalue weighted by Crippen LogP contribution is 2.32. The first-order valence-electron chi connectivity index (χ1n) is 6.59. The number of alkyl halides is 3. The number of fused-ring (bicyclic) bond motifs is 1. The van der Waals surface area contributed by atoms with E-state index in [1.54, 1.807) is 12.1 Å². The van der Waals surface area contributed by atoms with Gasteiger partial charge < -0.3 is 5.11 Å². The Morgan fingerprint density at radius 2 is 1.73 bits per heavy atom. The minimum absolute atomic E-state index is 0.0855. The maximum atomic E-state index is 12.5. The molecule has 112 valence electrons. The quantitative estimate of drug-likeness (QED) is 0.800. The van der Waals surface area contributed by atoms with Crippen molar-refractivity contribution in [2.45, 2.75) is 12.6 Å². The predicted molar refractivity (Wildman–Crippen MR) is 75.6 cm³/mol. The summed E-state index contributed by atoms with van der Waals surface area (Å²) in [7, 11) is 0. The van der Waals surface area contributed by atoms with Crippen LogP contribution in [0.5, 0.6) is 5.75 Å². The fourth-order valence-corrected chi connectivity index (χ4v) is 2.49. The smallest absolute Gasteiger partial charge is 0.416 e. The van der Waals surface area contributed by atoms with E-state index >= 15 is 0 Å². The van der Waals surface area contributed by atoms with E-state index in [0.29, 0.717) is 23.1 Å². The van der Waals surface area contributed by atoms with E-state index in [-0.39, 0.29) is 11.5 Å². The Morgan fingerprint density at radius 3 is 2.36 bits per heavy atom. The molecule has 0 unspecified atom stereocenters. The molecule has 2 nitrogen and oxygen atoms in total. The third kappa shape index (κ3) is 2.62. The Hall–Kier alpha value is -2.56. The van der Waals surface area contributed by atoms with Crippen LogP contribution >= 0.6 is 0 Å². The van der Waals surface area contributed by atoms with Crippen molar-refractivity contribution in [3.63, 3.8) is 0 Å². The Balaban J connectivity index is 1.90. The number of halogens is 3. The molecule has 0 bridgehead atoms. The number of Topliss-reactive ketones (excluding diaryl/α,β-unsaturated/α-hetero) is 1. The van der Waals surface area contributed by atoms with Crippen LogP contribution in [0.15, 0.2) is 48.0 Å². The summed E-state index contributed by atoms with van der Waals surface area (Å²) in [6.07, 6.45) is -2.42. The van der Waals surface area contributed by atoms with Gasteiger partial charge in [-0.25, -0.2) is 0 Å². The number of aromatic hydroxyl groups is 1. The fourth-order valence-electron chi connectivity index (χ4n) is 2.49. The Morgan fingerprint density at radius 1 is 1.05 bits per heavy atom. The van der Waals surface area contributed by atoms with Gasteiger partial charge in [0, 0.05) is 17.6 Å². The van der Waals surface area contributed by atoms with Crippen LogP contribution in [0.1, 0.15) is 27.0 Å². The molecule has 22 heavy (non-hydrogen) atoms. The minimum Gasteiger partial charge on any atom is -0.508 e. The van der Waals surface area contributed by atoms with Crippen molar-refractivity contribution in [1.29, 1.82) is 0 Å². The lowest BCUT2D eigenvalue weighted by Crippen LogP contribution is -2.04. The predicted octanol–water partition coefficient (Wildman–Crippen LogP) is 4.23. The van der Waals surface area contributed by atoms with Crippen molar-refractivity contribution in [3.05, 3.63) is 70.3 Å². The zero-order valence-corrected chi connectivity index (χ0v) is 11.3. The van der Waals surface area contributed by atoms with Gasteiger partial charge in [-0.1, -0.05) is 12.1 Å². The minimum atomic E-state index is -4.37. The van der Waals surface area contributed by atoms with E-state index < -0.39 is 11.7 Å². The summed E-state index contributed by atoms with van der Waals surface area (Å²) in [5, 5.41) is 9.43. The highest BCUT2D eigenvalue weighted by Gasteiger charge is 2.30. The summed E-state index contributed by atoms with van der Waals surface area (Å²) < 4.78 is 37.5. The molecule has 0 spiro atoms. The van der Waals surface area contributed by atoms with Crippen molar-refractivity contribution in [1.82, 2.24) is 0 Å². The molecule has 2 aromatic rings. The second-order valence-corrected chi connectivity index (χ2v) is 5.14. The summed E-state index contributed by atoms with van der Waals surface area (Å²) >= 11 is 0. The lowest BCUT2D eigenvalue weighted by molar-refractivity contribution is -0.137. The third-order valence-corrected chi connectivity index (χ3v) is 3.58. The van der Waals surface area contributed by atoms with Crippen LogP contribution < -0.4 is 0 Å². The number of ketones is 1. The normalized spacial score (nSPS) is 16.1. The summed E-state index contributed by atoms with van der Waals surface area (Å²) in [6.45, 7) is 0. The Bertz CT molecular complexity index is 771. The van der Waals surface area contributed by atoms with Crippen LogP contribution in [0.4, 0.5) is 13.2 Å². The fraction of sp³-hybridized carbons (Fsp3) is 0.118. The van der Waals surface area contributed by atoms with Crippen molar-refractivity contribution in [3.8, 4) is 5.75 Å². The molecule has 3 rings (SSSR count). The molecule has 0 atom stereocenters. The van der Waals surface area contributed by atoms with E-state index in [2.05, 4.69) is 0 Å². The first kappa shape index (κ1) is 14.4. The molecule has 0 heterocycles. The van der Waals surface area contributed by atoms with Crippen LogP contribution in [0, 0.1) is 0 Å². The SMILES string of the molecule is O=C1/C(=C/c2ccc(C(F)(F)F)cc2)Cc2cc(O)ccc21. The maximum absolute atomic E-state index is 12.5. The van der Waals surface area contributed by atoms with Crippen molar-refractivity contribution < 1.29 is 23.1 Å². The first-order valence-corrected chi connectivity index (χ1v) is 6.59. The molecule has 0 saturated carbocycles. The van der Waals surface area contributed by atoms with Crippen LogP contribution in [0.25, 0.3) is 6.08 Å². The molecule has 0 aromatic heterocycles. The van der Waals surface area contributed by atoms with E-state index in [1.165, 1.54) is 24.3 Å². The van der Waals surface area contributed by atoms with Gasteiger partial charge in [-0.05, 0) is 47.5 Å². The molecule has 2 aromatic carbocycles. The number of phenols is 1. The molecule has 1 aliphatic carbocycles. The van der Waals surface area contributed by atoms with Gasteiger partial charge >= 0.3 is 6.18 Å². The number of benzene rings is 2. The van der Waals surface area contributed by atoms with Crippen LogP contribution in [0.3, 0.4) is 0 Å². The lowest BCUT2D eigenvalue weighted by atomic mass is 10.1. The van der Waals surface area contributed by atoms with E-state index in [4.69, 9.17) is 0 Å². The molecular weight excluding hydrogens is 293 g/mol. The van der Waals surface area contributed by atoms with E-state index in [0.717, 1.165) is 17.7 Å². The second kappa shape index (κ2) is 5.02. The number of hydrogen-bond donors (Lipinski definition) is 1. The van der Waals surface area contributed by atoms with Gasteiger partial charge in [0.2, 0.25) is 0 Å². The molecule has 0 fully saturated rings. The molecule has 0 aliphatic heterocycles. The highest BCUT2D eigenvalue weighted by atomic mass is 19.4. The number of carbonyl (C=O) groups excluding carboxylic acids is 1. The Kier molecular flexibility index (Phi) is 3.28. The van der Waals surface area contributed by atoms with Gasteiger partial charge in [-0.2, -0.15) is 13.2 Å². The third-order valence-electron chi connectivity index (χ3n) is 3.58. The summed E-state index contributed by atoms with van der Waals surface area (Å²) in [6, 6.07) is 9.18. The van der Waals surface area contributed by atoms with Gasteiger partial charge in [0.25, 0.3) is 0 Å². The van der Waals surface area contributed by atoms with Crippen LogP contribution in [-0.2, 0) is 12.6 Å². The average molecular weight is 304 g/mol. The highest BCUT2D eigenvalue weighted by molar-refractivity contribution is 6.15. The van der Waals surface area contributed by atoms with Crippen molar-refractivity contribution in [2.75, 3.05) is 0 Å². The monoisotopic (exact) mass is 304 g/mol. The molecular formula is C17H11F3O2. The molecule has 0 saturated heterocycles. The standard InChI is InChI=1S/C17H11F3O2/c18-17(19,20)13-3-1-10(2-4-13)7-12-8-11-9-14(21)5-6-15(11)16(12)22/h1-7,9,21H,8H2/b12-7+. The number of rotatable bonds is 1. The van der Waals surface area contributed by atoms with Gasteiger partial charge in [0.15, 0.2) is 5.78 Å². The largest absolute Gasteiger partial charge is 0.508 e. The van der Waals surface area contributed by atoms with Crippen LogP contribution in [-0.4, -0.2) is 10.9 Å². The summed E-state index contributed by atoms with van der Waals surface area (Å²) in [5.74, 6) is -0.0720. The molecule has 0 amide bonds. The van der Waals surface area contributed by atoms with Gasteiger partial charge in [0.1, 0.15) is 5.75 Å². The zero-order chi connectivity index (χ0) is 15.9. The zero-order valence-electron chi connectivity index (χ0n) is 11.3. The molecule has 1 N–H and O–H groups in total. The summed E-state index contributed by atoms with van der Waals surface area (Å²) in [5.41, 5.74) is 1.56. The van der Waals surface area contributed by atoms with Gasteiger partial charge in [-0.3, -0.25) is 4.79 Å². The topological polar surface area (TPSA) is 37.3 Å². The van der Waals surface area contributed by atoms with Crippen molar-refractivity contribution in [2.24, 2.45) is 0 Å². The average Bonchev–Trinajstić information content (AvgIpc) is 2.74. The van der Waals surface area contributed by atoms with Gasteiger partial charge in [0.05, 0.1) is 5.56 Å². The molecule has 1 aliphatic rings. The molecule has 5 heteroatoms. The summed E-state index contributed by atoms with van der Waals surface area (Å²) in [4.78, 5) is 12.2. The number of allylic oxidation sites excluding steroid dienone is 1. The van der Waals surface area contributed by atoms with Crippen LogP contribution in [0.2, 0.25) is 0 Å². The Labute approximate surface area is 124 Å². The van der Waals surface area contributed by atoms with E-state index in [9.17, 15) is 23.1 Å². The van der Waals surface area contributed by atoms with Gasteiger partial charge in [-0.15, -0.1) is 0 Å².